The van der Waals surface area contributed by atoms with Crippen molar-refractivity contribution in [2.24, 2.45) is 5.92 Å². The first kappa shape index (κ1) is 10.2. The third kappa shape index (κ3) is 2.02. The van der Waals surface area contributed by atoms with Crippen LogP contribution in [0.15, 0.2) is 6.07 Å². The molecule has 0 saturated carbocycles. The molecular formula is C11H12N2OS. The highest BCUT2D eigenvalue weighted by atomic mass is 32.1. The van der Waals surface area contributed by atoms with Crippen molar-refractivity contribution in [3.8, 4) is 6.19 Å². The minimum atomic E-state index is -0.274. The summed E-state index contributed by atoms with van der Waals surface area (Å²) in [6, 6.07) is 1.93. The maximum absolute atomic E-state index is 11.4. The number of carbonyl (C=O) groups is 1. The van der Waals surface area contributed by atoms with E-state index in [4.69, 9.17) is 5.26 Å². The van der Waals surface area contributed by atoms with Gasteiger partial charge in [-0.1, -0.05) is 6.92 Å². The van der Waals surface area contributed by atoms with Gasteiger partial charge in [-0.2, -0.15) is 5.26 Å². The maximum atomic E-state index is 11.4. The molecule has 1 atom stereocenters. The largest absolute Gasteiger partial charge is 0.274 e. The van der Waals surface area contributed by atoms with Gasteiger partial charge in [-0.15, -0.1) is 11.3 Å². The molecule has 15 heavy (non-hydrogen) atoms. The van der Waals surface area contributed by atoms with E-state index in [0.717, 1.165) is 12.8 Å². The summed E-state index contributed by atoms with van der Waals surface area (Å²) < 4.78 is 0. The molecule has 3 nitrogen and oxygen atoms in total. The Kier molecular flexibility index (Phi) is 2.74. The van der Waals surface area contributed by atoms with Gasteiger partial charge < -0.3 is 0 Å². The second kappa shape index (κ2) is 4.03. The van der Waals surface area contributed by atoms with Crippen LogP contribution in [0.3, 0.4) is 0 Å². The van der Waals surface area contributed by atoms with Gasteiger partial charge in [-0.25, -0.2) is 0 Å². The first-order valence-electron chi connectivity index (χ1n) is 5.01. The summed E-state index contributed by atoms with van der Waals surface area (Å²) in [5.41, 5.74) is 1.29. The van der Waals surface area contributed by atoms with Crippen LogP contribution in [-0.4, -0.2) is 5.91 Å². The molecule has 1 amide bonds. The van der Waals surface area contributed by atoms with Gasteiger partial charge in [0.2, 0.25) is 0 Å². The van der Waals surface area contributed by atoms with Gasteiger partial charge >= 0.3 is 0 Å². The lowest BCUT2D eigenvalue weighted by molar-refractivity contribution is 0.0977. The van der Waals surface area contributed by atoms with Gasteiger partial charge in [0, 0.05) is 4.88 Å². The van der Waals surface area contributed by atoms with Crippen molar-refractivity contribution in [3.63, 3.8) is 0 Å². The molecular weight excluding hydrogens is 208 g/mol. The van der Waals surface area contributed by atoms with Crippen molar-refractivity contribution in [1.29, 1.82) is 5.26 Å². The SMILES string of the molecule is CC1CCc2sc(C(=O)NC#N)cc2C1. The number of nitrogens with one attached hydrogen (secondary N) is 1. The summed E-state index contributed by atoms with van der Waals surface area (Å²) in [6.07, 6.45) is 5.00. The molecule has 0 aliphatic heterocycles. The van der Waals surface area contributed by atoms with Gasteiger partial charge in [0.15, 0.2) is 6.19 Å². The molecule has 1 N–H and O–H groups in total. The normalized spacial score (nSPS) is 19.1. The fourth-order valence-corrected chi connectivity index (χ4v) is 3.03. The van der Waals surface area contributed by atoms with E-state index in [0.29, 0.717) is 10.8 Å². The second-order valence-electron chi connectivity index (χ2n) is 3.97. The number of fused-ring (bicyclic) bond motifs is 1. The van der Waals surface area contributed by atoms with E-state index in [1.54, 1.807) is 6.19 Å². The molecule has 0 saturated heterocycles. The number of nitrogens with zero attached hydrogens (tertiary/aromatic N) is 1. The van der Waals surface area contributed by atoms with Crippen LogP contribution in [0.4, 0.5) is 0 Å². The van der Waals surface area contributed by atoms with Gasteiger partial charge in [0.25, 0.3) is 5.91 Å². The quantitative estimate of drug-likeness (QED) is 0.582. The molecule has 4 heteroatoms. The fourth-order valence-electron chi connectivity index (χ4n) is 1.93. The summed E-state index contributed by atoms with van der Waals surface area (Å²) >= 11 is 1.52. The minimum absolute atomic E-state index is 0.274. The number of carbonyl (C=O) groups excluding carboxylic acids is 1. The molecule has 0 spiro atoms. The third-order valence-electron chi connectivity index (χ3n) is 2.72. The van der Waals surface area contributed by atoms with Gasteiger partial charge in [-0.3, -0.25) is 10.1 Å². The zero-order chi connectivity index (χ0) is 10.8. The Balaban J connectivity index is 2.23. The summed E-state index contributed by atoms with van der Waals surface area (Å²) in [4.78, 5) is 13.4. The van der Waals surface area contributed by atoms with Crippen LogP contribution < -0.4 is 5.32 Å². The Labute approximate surface area is 92.7 Å². The minimum Gasteiger partial charge on any atom is -0.267 e. The van der Waals surface area contributed by atoms with Crippen LogP contribution in [0.5, 0.6) is 0 Å². The average Bonchev–Trinajstić information content (AvgIpc) is 2.60. The number of hydrogen-bond donors (Lipinski definition) is 1. The first-order chi connectivity index (χ1) is 7.20. The van der Waals surface area contributed by atoms with E-state index in [1.165, 1.54) is 28.2 Å². The van der Waals surface area contributed by atoms with Crippen LogP contribution in [0.1, 0.15) is 33.5 Å². The Morgan fingerprint density at radius 2 is 2.53 bits per heavy atom. The van der Waals surface area contributed by atoms with E-state index in [9.17, 15) is 4.79 Å². The average molecular weight is 220 g/mol. The summed E-state index contributed by atoms with van der Waals surface area (Å²) in [5, 5.41) is 10.5. The van der Waals surface area contributed by atoms with Crippen molar-refractivity contribution in [1.82, 2.24) is 5.32 Å². The molecule has 1 aromatic heterocycles. The van der Waals surface area contributed by atoms with Crippen molar-refractivity contribution < 1.29 is 4.79 Å². The summed E-state index contributed by atoms with van der Waals surface area (Å²) in [6.45, 7) is 2.23. The van der Waals surface area contributed by atoms with Gasteiger partial charge in [0.1, 0.15) is 0 Å². The lowest BCUT2D eigenvalue weighted by atomic mass is 9.90. The molecule has 2 rings (SSSR count). The highest BCUT2D eigenvalue weighted by molar-refractivity contribution is 7.14. The topological polar surface area (TPSA) is 52.9 Å². The number of aryl methyl sites for hydroxylation is 1. The second-order valence-corrected chi connectivity index (χ2v) is 5.11. The van der Waals surface area contributed by atoms with Crippen LogP contribution in [0.2, 0.25) is 0 Å². The summed E-state index contributed by atoms with van der Waals surface area (Å²) in [5.74, 6) is 0.434. The Hall–Kier alpha value is -1.34. The van der Waals surface area contributed by atoms with Crippen molar-refractivity contribution >= 4 is 17.2 Å². The number of rotatable bonds is 1. The molecule has 0 fully saturated rings. The highest BCUT2D eigenvalue weighted by Crippen LogP contribution is 2.31. The van der Waals surface area contributed by atoms with Crippen LogP contribution >= 0.6 is 11.3 Å². The third-order valence-corrected chi connectivity index (χ3v) is 3.96. The monoisotopic (exact) mass is 220 g/mol. The number of amides is 1. The maximum Gasteiger partial charge on any atom is 0.274 e. The van der Waals surface area contributed by atoms with Crippen LogP contribution in [0.25, 0.3) is 0 Å². The standard InChI is InChI=1S/C11H12N2OS/c1-7-2-3-9-8(4-7)5-10(15-9)11(14)13-6-12/h5,7H,2-4H2,1H3,(H,13,14). The zero-order valence-electron chi connectivity index (χ0n) is 8.54. The Morgan fingerprint density at radius 1 is 1.73 bits per heavy atom. The van der Waals surface area contributed by atoms with E-state index in [1.807, 2.05) is 6.07 Å². The molecule has 78 valence electrons. The van der Waals surface area contributed by atoms with Gasteiger partial charge in [-0.05, 0) is 36.8 Å². The lowest BCUT2D eigenvalue weighted by Gasteiger charge is -2.16. The predicted molar refractivity (Wildman–Crippen MR) is 58.6 cm³/mol. The molecule has 1 aliphatic carbocycles. The van der Waals surface area contributed by atoms with Crippen LogP contribution in [-0.2, 0) is 12.8 Å². The number of nitriles is 1. The Bertz CT molecular complexity index is 430. The zero-order valence-corrected chi connectivity index (χ0v) is 9.36. The van der Waals surface area contributed by atoms with E-state index in [2.05, 4.69) is 12.2 Å². The fraction of sp³-hybridized carbons (Fsp3) is 0.455. The molecule has 1 aliphatic rings. The summed E-state index contributed by atoms with van der Waals surface area (Å²) in [7, 11) is 0. The van der Waals surface area contributed by atoms with Gasteiger partial charge in [0.05, 0.1) is 4.88 Å². The highest BCUT2D eigenvalue weighted by Gasteiger charge is 2.20. The number of hydrogen-bond acceptors (Lipinski definition) is 3. The van der Waals surface area contributed by atoms with Crippen molar-refractivity contribution in [2.75, 3.05) is 0 Å². The first-order valence-corrected chi connectivity index (χ1v) is 5.83. The van der Waals surface area contributed by atoms with Crippen molar-refractivity contribution in [2.45, 2.75) is 26.2 Å². The molecule has 0 radical (unpaired) electrons. The smallest absolute Gasteiger partial charge is 0.267 e. The molecule has 1 aromatic rings. The van der Waals surface area contributed by atoms with Crippen molar-refractivity contribution in [3.05, 3.63) is 21.4 Å². The van der Waals surface area contributed by atoms with E-state index in [-0.39, 0.29) is 5.91 Å². The molecule has 1 heterocycles. The van der Waals surface area contributed by atoms with Crippen LogP contribution in [0, 0.1) is 17.4 Å². The molecule has 0 bridgehead atoms. The molecule has 0 aromatic carbocycles. The number of thiophene rings is 1. The van der Waals surface area contributed by atoms with E-state index >= 15 is 0 Å². The van der Waals surface area contributed by atoms with E-state index < -0.39 is 0 Å². The lowest BCUT2D eigenvalue weighted by Crippen LogP contribution is -2.15. The molecule has 1 unspecified atom stereocenters. The Morgan fingerprint density at radius 3 is 3.27 bits per heavy atom. The predicted octanol–water partition coefficient (Wildman–Crippen LogP) is 2.08.